The molecule has 0 fully saturated rings. The Morgan fingerprint density at radius 3 is 2.03 bits per heavy atom. The zero-order valence-electron chi connectivity index (χ0n) is 19.5. The number of hydrogen-bond acceptors (Lipinski definition) is 6. The zero-order valence-corrected chi connectivity index (χ0v) is 19.5. The van der Waals surface area contributed by atoms with Gasteiger partial charge >= 0.3 is 6.09 Å². The lowest BCUT2D eigenvalue weighted by Gasteiger charge is -2.22. The van der Waals surface area contributed by atoms with Gasteiger partial charge in [-0.25, -0.2) is 14.7 Å². The van der Waals surface area contributed by atoms with Crippen molar-refractivity contribution in [3.63, 3.8) is 0 Å². The van der Waals surface area contributed by atoms with Gasteiger partial charge in [0.1, 0.15) is 0 Å². The Morgan fingerprint density at radius 1 is 0.912 bits per heavy atom. The van der Waals surface area contributed by atoms with Crippen LogP contribution >= 0.6 is 0 Å². The fraction of sp³-hybridized carbons (Fsp3) is 0.240. The molecule has 4 aromatic rings. The maximum Gasteiger partial charge on any atom is 0.425 e. The number of ether oxygens (including phenoxy) is 1. The quantitative estimate of drug-likeness (QED) is 0.418. The summed E-state index contributed by atoms with van der Waals surface area (Å²) < 4.78 is 7.61. The Bertz CT molecular complexity index is 1260. The summed E-state index contributed by atoms with van der Waals surface area (Å²) in [5.74, 6) is -0.512. The first kappa shape index (κ1) is 22.9. The molecule has 9 heteroatoms. The van der Waals surface area contributed by atoms with Crippen molar-refractivity contribution < 1.29 is 14.3 Å². The molecule has 0 spiro atoms. The van der Waals surface area contributed by atoms with Crippen LogP contribution in [0.5, 0.6) is 5.88 Å². The molecule has 0 saturated heterocycles. The topological polar surface area (TPSA) is 102 Å². The second-order valence-corrected chi connectivity index (χ2v) is 8.29. The molecule has 9 nitrogen and oxygen atoms in total. The van der Waals surface area contributed by atoms with Crippen LogP contribution in [0.1, 0.15) is 33.7 Å². The first-order valence-electron chi connectivity index (χ1n) is 11.0. The lowest BCUT2D eigenvalue weighted by molar-refractivity contribution is -0.118. The zero-order chi connectivity index (χ0) is 24.2. The predicted molar refractivity (Wildman–Crippen MR) is 130 cm³/mol. The van der Waals surface area contributed by atoms with Gasteiger partial charge in [0.2, 0.25) is 11.9 Å². The van der Waals surface area contributed by atoms with Gasteiger partial charge in [0.05, 0.1) is 17.7 Å². The fourth-order valence-electron chi connectivity index (χ4n) is 3.29. The third-order valence-corrected chi connectivity index (χ3v) is 5.10. The molecule has 0 saturated carbocycles. The van der Waals surface area contributed by atoms with E-state index in [4.69, 9.17) is 4.74 Å². The van der Waals surface area contributed by atoms with E-state index < -0.39 is 6.09 Å². The number of nitrogens with zero attached hydrogens (tertiary/aromatic N) is 5. The van der Waals surface area contributed by atoms with E-state index in [1.165, 1.54) is 4.90 Å². The van der Waals surface area contributed by atoms with Crippen LogP contribution in [0.3, 0.4) is 0 Å². The minimum atomic E-state index is -0.669. The van der Waals surface area contributed by atoms with E-state index in [9.17, 15) is 9.59 Å². The lowest BCUT2D eigenvalue weighted by atomic mass is 10.2. The fourth-order valence-corrected chi connectivity index (χ4v) is 3.29. The van der Waals surface area contributed by atoms with Crippen molar-refractivity contribution in [2.24, 2.45) is 5.92 Å². The van der Waals surface area contributed by atoms with E-state index in [0.29, 0.717) is 22.5 Å². The number of amides is 2. The average Bonchev–Trinajstić information content (AvgIpc) is 3.25. The summed E-state index contributed by atoms with van der Waals surface area (Å²) in [6.45, 7) is 7.50. The van der Waals surface area contributed by atoms with E-state index in [1.54, 1.807) is 20.2 Å². The molecule has 0 aliphatic heterocycles. The second-order valence-electron chi connectivity index (χ2n) is 8.29. The number of carbonyl (C=O) groups excluding carboxylic acids is 2. The van der Waals surface area contributed by atoms with Crippen molar-refractivity contribution in [2.75, 3.05) is 10.2 Å². The van der Waals surface area contributed by atoms with E-state index >= 15 is 0 Å². The third-order valence-electron chi connectivity index (χ3n) is 5.10. The number of nitrogens with one attached hydrogen (secondary N) is 1. The van der Waals surface area contributed by atoms with Crippen LogP contribution < -0.4 is 15.0 Å². The minimum absolute atomic E-state index is 0.0367. The molecule has 0 bridgehead atoms. The van der Waals surface area contributed by atoms with Crippen molar-refractivity contribution in [3.8, 4) is 5.88 Å². The minimum Gasteiger partial charge on any atom is -0.388 e. The Kier molecular flexibility index (Phi) is 6.53. The van der Waals surface area contributed by atoms with Crippen molar-refractivity contribution in [3.05, 3.63) is 67.0 Å². The number of anilines is 3. The van der Waals surface area contributed by atoms with E-state index in [-0.39, 0.29) is 29.7 Å². The number of benzene rings is 2. The summed E-state index contributed by atoms with van der Waals surface area (Å²) in [5.41, 5.74) is 2.04. The smallest absolute Gasteiger partial charge is 0.388 e. The lowest BCUT2D eigenvalue weighted by Crippen LogP contribution is -2.29. The van der Waals surface area contributed by atoms with Crippen LogP contribution in [0.15, 0.2) is 67.0 Å². The van der Waals surface area contributed by atoms with Crippen molar-refractivity contribution in [1.29, 1.82) is 0 Å². The molecule has 2 aromatic carbocycles. The Balaban J connectivity index is 1.77. The Labute approximate surface area is 197 Å². The molecule has 0 aliphatic carbocycles. The van der Waals surface area contributed by atoms with E-state index in [1.807, 2.05) is 79.1 Å². The van der Waals surface area contributed by atoms with Crippen LogP contribution in [0.2, 0.25) is 0 Å². The van der Waals surface area contributed by atoms with Crippen LogP contribution in [0, 0.1) is 5.92 Å². The highest BCUT2D eigenvalue weighted by atomic mass is 16.6. The Hall–Kier alpha value is -4.27. The number of rotatable bonds is 6. The van der Waals surface area contributed by atoms with E-state index in [2.05, 4.69) is 20.3 Å². The third kappa shape index (κ3) is 4.73. The molecule has 174 valence electrons. The summed E-state index contributed by atoms with van der Waals surface area (Å²) in [6, 6.07) is 18.4. The van der Waals surface area contributed by atoms with Gasteiger partial charge in [-0.1, -0.05) is 50.2 Å². The predicted octanol–water partition coefficient (Wildman–Crippen LogP) is 5.34. The van der Waals surface area contributed by atoms with E-state index in [0.717, 1.165) is 0 Å². The van der Waals surface area contributed by atoms with Gasteiger partial charge in [0.25, 0.3) is 5.88 Å². The molecular weight excluding hydrogens is 432 g/mol. The summed E-state index contributed by atoms with van der Waals surface area (Å²) in [5, 5.41) is 2.69. The molecule has 34 heavy (non-hydrogen) atoms. The number of carbonyl (C=O) groups is 2. The molecule has 1 N–H and O–H groups in total. The molecular formula is C25H26N6O3. The van der Waals surface area contributed by atoms with Crippen molar-refractivity contribution in [1.82, 2.24) is 19.5 Å². The molecule has 0 atom stereocenters. The van der Waals surface area contributed by atoms with Gasteiger partial charge in [-0.3, -0.25) is 10.1 Å². The van der Waals surface area contributed by atoms with Crippen LogP contribution in [0.4, 0.5) is 22.1 Å². The van der Waals surface area contributed by atoms with Gasteiger partial charge in [-0.2, -0.15) is 9.97 Å². The van der Waals surface area contributed by atoms with Crippen molar-refractivity contribution in [2.45, 2.75) is 33.7 Å². The molecule has 2 heterocycles. The second kappa shape index (κ2) is 9.70. The van der Waals surface area contributed by atoms with Crippen LogP contribution in [-0.2, 0) is 4.79 Å². The number of fused-ring (bicyclic) bond motifs is 1. The van der Waals surface area contributed by atoms with Gasteiger partial charge < -0.3 is 9.30 Å². The summed E-state index contributed by atoms with van der Waals surface area (Å²) in [7, 11) is 0. The standard InChI is InChI=1S/C25H26N6O3/c1-16(2)22(32)28-24-27-21-20(26-15-30(21)17(3)4)23(29-24)34-25(33)31(18-11-7-5-8-12-18)19-13-9-6-10-14-19/h5-17H,1-4H3,(H,27,28,29,32). The molecule has 4 rings (SSSR count). The number of hydrogen-bond donors (Lipinski definition) is 1. The van der Waals surface area contributed by atoms with Gasteiger partial charge in [-0.15, -0.1) is 0 Å². The number of imidazole rings is 1. The maximum atomic E-state index is 13.5. The highest BCUT2D eigenvalue weighted by Gasteiger charge is 2.24. The SMILES string of the molecule is CC(C)C(=O)Nc1nc(OC(=O)N(c2ccccc2)c2ccccc2)c2ncn(C(C)C)c2n1. The van der Waals surface area contributed by atoms with Crippen LogP contribution in [-0.4, -0.2) is 31.5 Å². The van der Waals surface area contributed by atoms with Gasteiger partial charge in [-0.05, 0) is 38.1 Å². The number of para-hydroxylation sites is 2. The first-order valence-corrected chi connectivity index (χ1v) is 11.0. The highest BCUT2D eigenvalue weighted by Crippen LogP contribution is 2.29. The average molecular weight is 459 g/mol. The highest BCUT2D eigenvalue weighted by molar-refractivity contribution is 5.98. The summed E-state index contributed by atoms with van der Waals surface area (Å²) in [6.07, 6.45) is 0.944. The monoisotopic (exact) mass is 458 g/mol. The van der Waals surface area contributed by atoms with Crippen molar-refractivity contribution >= 4 is 40.5 Å². The van der Waals surface area contributed by atoms with Gasteiger partial charge in [0, 0.05) is 12.0 Å². The Morgan fingerprint density at radius 2 is 1.50 bits per heavy atom. The molecule has 0 unspecified atom stereocenters. The normalized spacial score (nSPS) is 11.1. The molecule has 0 aliphatic rings. The van der Waals surface area contributed by atoms with Gasteiger partial charge in [0.15, 0.2) is 11.2 Å². The summed E-state index contributed by atoms with van der Waals surface area (Å²) >= 11 is 0. The molecule has 0 radical (unpaired) electrons. The van der Waals surface area contributed by atoms with Crippen LogP contribution in [0.25, 0.3) is 11.2 Å². The first-order chi connectivity index (χ1) is 16.3. The summed E-state index contributed by atoms with van der Waals surface area (Å²) in [4.78, 5) is 40.4. The largest absolute Gasteiger partial charge is 0.425 e. The maximum absolute atomic E-state index is 13.5. The molecule has 2 amide bonds. The molecule has 2 aromatic heterocycles. The number of aromatic nitrogens is 4.